The van der Waals surface area contributed by atoms with Crippen LogP contribution in [-0.4, -0.2) is 22.9 Å². The molecule has 0 aliphatic rings. The lowest BCUT2D eigenvalue weighted by atomic mass is 10.1. The Labute approximate surface area is 106 Å². The quantitative estimate of drug-likeness (QED) is 0.508. The van der Waals surface area contributed by atoms with Crippen LogP contribution in [0.5, 0.6) is 0 Å². The van der Waals surface area contributed by atoms with E-state index in [9.17, 15) is 4.79 Å². The van der Waals surface area contributed by atoms with E-state index >= 15 is 0 Å². The number of hydrazine groups is 1. The summed E-state index contributed by atoms with van der Waals surface area (Å²) < 4.78 is 5.41. The van der Waals surface area contributed by atoms with Gasteiger partial charge < -0.3 is 4.42 Å². The topological polar surface area (TPSA) is 72.4 Å². The number of fused-ring (bicyclic) bond motifs is 1. The third-order valence-corrected chi connectivity index (χ3v) is 2.81. The number of nitrogens with two attached hydrogens (primary N) is 1. The van der Waals surface area contributed by atoms with Crippen molar-refractivity contribution < 1.29 is 9.21 Å². The first-order valence-electron chi connectivity index (χ1n) is 5.93. The van der Waals surface area contributed by atoms with Crippen LogP contribution in [0.3, 0.4) is 0 Å². The van der Waals surface area contributed by atoms with Gasteiger partial charge in [-0.3, -0.25) is 9.80 Å². The first-order chi connectivity index (χ1) is 8.56. The molecule has 2 N–H and O–H groups in total. The van der Waals surface area contributed by atoms with Crippen molar-refractivity contribution >= 4 is 17.0 Å². The first kappa shape index (κ1) is 12.6. The smallest absolute Gasteiger partial charge is 0.236 e. The SMILES string of the molecule is Cc1nc2cc(CCCC(=O)N(C)N)ccc2o1. The summed E-state index contributed by atoms with van der Waals surface area (Å²) in [6.45, 7) is 1.83. The Kier molecular flexibility index (Phi) is 3.62. The summed E-state index contributed by atoms with van der Waals surface area (Å²) in [4.78, 5) is 15.6. The van der Waals surface area contributed by atoms with Crippen molar-refractivity contribution in [2.24, 2.45) is 5.84 Å². The molecule has 1 amide bonds. The molecule has 0 atom stereocenters. The molecular weight excluding hydrogens is 230 g/mol. The molecule has 0 radical (unpaired) electrons. The van der Waals surface area contributed by atoms with E-state index in [0.29, 0.717) is 12.3 Å². The average molecular weight is 247 g/mol. The number of carbonyl (C=O) groups excluding carboxylic acids is 1. The lowest BCUT2D eigenvalue weighted by molar-refractivity contribution is -0.130. The first-order valence-corrected chi connectivity index (χ1v) is 5.93. The standard InChI is InChI=1S/C13H17N3O2/c1-9-15-11-8-10(6-7-12(11)18-9)4-3-5-13(17)16(2)14/h6-8H,3-5,14H2,1-2H3. The fraction of sp³-hybridized carbons (Fsp3) is 0.385. The molecule has 96 valence electrons. The van der Waals surface area contributed by atoms with Gasteiger partial charge in [-0.25, -0.2) is 10.8 Å². The van der Waals surface area contributed by atoms with Crippen molar-refractivity contribution in [2.75, 3.05) is 7.05 Å². The predicted octanol–water partition coefficient (Wildman–Crippen LogP) is 1.79. The van der Waals surface area contributed by atoms with E-state index in [1.807, 2.05) is 25.1 Å². The lowest BCUT2D eigenvalue weighted by Gasteiger charge is -2.09. The summed E-state index contributed by atoms with van der Waals surface area (Å²) in [6, 6.07) is 5.92. The highest BCUT2D eigenvalue weighted by Gasteiger charge is 2.06. The number of benzene rings is 1. The fourth-order valence-corrected chi connectivity index (χ4v) is 1.86. The van der Waals surface area contributed by atoms with Gasteiger partial charge in [-0.1, -0.05) is 6.07 Å². The van der Waals surface area contributed by atoms with Crippen molar-refractivity contribution in [1.82, 2.24) is 9.99 Å². The molecule has 5 nitrogen and oxygen atoms in total. The van der Waals surface area contributed by atoms with Gasteiger partial charge in [-0.2, -0.15) is 0 Å². The maximum atomic E-state index is 11.3. The number of rotatable bonds is 4. The van der Waals surface area contributed by atoms with Crippen LogP contribution < -0.4 is 5.84 Å². The van der Waals surface area contributed by atoms with Crippen molar-refractivity contribution in [2.45, 2.75) is 26.2 Å². The van der Waals surface area contributed by atoms with Crippen LogP contribution >= 0.6 is 0 Å². The normalized spacial score (nSPS) is 10.8. The van der Waals surface area contributed by atoms with Crippen molar-refractivity contribution in [3.63, 3.8) is 0 Å². The minimum atomic E-state index is -0.0478. The zero-order chi connectivity index (χ0) is 13.1. The highest BCUT2D eigenvalue weighted by Crippen LogP contribution is 2.17. The Balaban J connectivity index is 1.97. The molecule has 0 fully saturated rings. The van der Waals surface area contributed by atoms with E-state index in [1.165, 1.54) is 0 Å². The molecule has 2 rings (SSSR count). The number of carbonyl (C=O) groups is 1. The Hall–Kier alpha value is -1.88. The minimum Gasteiger partial charge on any atom is -0.441 e. The highest BCUT2D eigenvalue weighted by atomic mass is 16.3. The van der Waals surface area contributed by atoms with Gasteiger partial charge in [0.1, 0.15) is 5.52 Å². The van der Waals surface area contributed by atoms with Gasteiger partial charge in [0, 0.05) is 20.4 Å². The van der Waals surface area contributed by atoms with Gasteiger partial charge >= 0.3 is 0 Å². The van der Waals surface area contributed by atoms with Crippen LogP contribution in [0.2, 0.25) is 0 Å². The van der Waals surface area contributed by atoms with Crippen LogP contribution in [0, 0.1) is 6.92 Å². The molecule has 0 saturated heterocycles. The summed E-state index contributed by atoms with van der Waals surface area (Å²) in [5.74, 6) is 5.97. The zero-order valence-electron chi connectivity index (χ0n) is 10.6. The summed E-state index contributed by atoms with van der Waals surface area (Å²) >= 11 is 0. The van der Waals surface area contributed by atoms with Crippen molar-refractivity contribution in [1.29, 1.82) is 0 Å². The predicted molar refractivity (Wildman–Crippen MR) is 68.6 cm³/mol. The zero-order valence-corrected chi connectivity index (χ0v) is 10.6. The number of aromatic nitrogens is 1. The maximum Gasteiger partial charge on any atom is 0.236 e. The summed E-state index contributed by atoms with van der Waals surface area (Å²) in [5, 5.41) is 1.13. The molecule has 1 aromatic carbocycles. The highest BCUT2D eigenvalue weighted by molar-refractivity contribution is 5.75. The Morgan fingerprint density at radius 1 is 1.50 bits per heavy atom. The van der Waals surface area contributed by atoms with Gasteiger partial charge in [0.15, 0.2) is 11.5 Å². The molecular formula is C13H17N3O2. The third kappa shape index (κ3) is 2.87. The second-order valence-electron chi connectivity index (χ2n) is 4.39. The molecule has 1 heterocycles. The van der Waals surface area contributed by atoms with E-state index in [2.05, 4.69) is 4.98 Å². The number of nitrogens with zero attached hydrogens (tertiary/aromatic N) is 2. The van der Waals surface area contributed by atoms with E-state index in [0.717, 1.165) is 34.5 Å². The van der Waals surface area contributed by atoms with Crippen molar-refractivity contribution in [3.05, 3.63) is 29.7 Å². The second kappa shape index (κ2) is 5.18. The molecule has 0 aliphatic carbocycles. The molecule has 0 spiro atoms. The van der Waals surface area contributed by atoms with Crippen LogP contribution in [0.4, 0.5) is 0 Å². The van der Waals surface area contributed by atoms with Gasteiger partial charge in [0.2, 0.25) is 5.91 Å². The number of aryl methyl sites for hydroxylation is 2. The maximum absolute atomic E-state index is 11.3. The number of amides is 1. The Morgan fingerprint density at radius 3 is 3.00 bits per heavy atom. The molecule has 0 saturated carbocycles. The van der Waals surface area contributed by atoms with Crippen LogP contribution in [-0.2, 0) is 11.2 Å². The Morgan fingerprint density at radius 2 is 2.28 bits per heavy atom. The average Bonchev–Trinajstić information content (AvgIpc) is 2.68. The molecule has 2 aromatic rings. The van der Waals surface area contributed by atoms with Crippen molar-refractivity contribution in [3.8, 4) is 0 Å². The van der Waals surface area contributed by atoms with E-state index in [4.69, 9.17) is 10.3 Å². The van der Waals surface area contributed by atoms with Crippen LogP contribution in [0.1, 0.15) is 24.3 Å². The summed E-state index contributed by atoms with van der Waals surface area (Å²) in [5.41, 5.74) is 2.82. The number of hydrogen-bond acceptors (Lipinski definition) is 4. The molecule has 1 aromatic heterocycles. The summed E-state index contributed by atoms with van der Waals surface area (Å²) in [6.07, 6.45) is 2.08. The van der Waals surface area contributed by atoms with Gasteiger partial charge in [-0.05, 0) is 30.5 Å². The Bertz CT molecular complexity index is 560. The molecule has 5 heteroatoms. The van der Waals surface area contributed by atoms with E-state index < -0.39 is 0 Å². The third-order valence-electron chi connectivity index (χ3n) is 2.81. The minimum absolute atomic E-state index is 0.0478. The summed E-state index contributed by atoms with van der Waals surface area (Å²) in [7, 11) is 1.56. The number of hydrogen-bond donors (Lipinski definition) is 1. The van der Waals surface area contributed by atoms with E-state index in [-0.39, 0.29) is 5.91 Å². The second-order valence-corrected chi connectivity index (χ2v) is 4.39. The van der Waals surface area contributed by atoms with Gasteiger partial charge in [-0.15, -0.1) is 0 Å². The van der Waals surface area contributed by atoms with Crippen LogP contribution in [0.25, 0.3) is 11.1 Å². The largest absolute Gasteiger partial charge is 0.441 e. The molecule has 0 bridgehead atoms. The molecule has 18 heavy (non-hydrogen) atoms. The molecule has 0 aliphatic heterocycles. The van der Waals surface area contributed by atoms with Crippen LogP contribution in [0.15, 0.2) is 22.6 Å². The van der Waals surface area contributed by atoms with Gasteiger partial charge in [0.05, 0.1) is 0 Å². The molecule has 0 unspecified atom stereocenters. The number of oxazole rings is 1. The lowest BCUT2D eigenvalue weighted by Crippen LogP contribution is -2.32. The van der Waals surface area contributed by atoms with E-state index in [1.54, 1.807) is 7.05 Å². The van der Waals surface area contributed by atoms with Gasteiger partial charge in [0.25, 0.3) is 0 Å². The monoisotopic (exact) mass is 247 g/mol. The fourth-order valence-electron chi connectivity index (χ4n) is 1.86.